The van der Waals surface area contributed by atoms with Gasteiger partial charge in [-0.3, -0.25) is 9.69 Å². The molecule has 0 amide bonds. The molecule has 4 heteroatoms. The zero-order chi connectivity index (χ0) is 17.2. The molecule has 0 aliphatic carbocycles. The summed E-state index contributed by atoms with van der Waals surface area (Å²) in [6.07, 6.45) is 0. The highest BCUT2D eigenvalue weighted by atomic mass is 16.1. The lowest BCUT2D eigenvalue weighted by Crippen LogP contribution is -2.90. The summed E-state index contributed by atoms with van der Waals surface area (Å²) in [4.78, 5) is 17.9. The summed E-state index contributed by atoms with van der Waals surface area (Å²) >= 11 is 0. The molecule has 2 aromatic carbocycles. The van der Waals surface area contributed by atoms with E-state index in [4.69, 9.17) is 0 Å². The van der Waals surface area contributed by atoms with Gasteiger partial charge in [0.1, 0.15) is 6.04 Å². The third kappa shape index (κ3) is 3.50. The van der Waals surface area contributed by atoms with Crippen LogP contribution in [0.3, 0.4) is 0 Å². The molecule has 0 spiro atoms. The Morgan fingerprint density at radius 1 is 1.16 bits per heavy atom. The fourth-order valence-electron chi connectivity index (χ4n) is 3.72. The highest BCUT2D eigenvalue weighted by Gasteiger charge is 2.24. The number of quaternary nitrogens is 1. The molecule has 3 N–H and O–H groups in total. The zero-order valence-corrected chi connectivity index (χ0v) is 14.5. The Labute approximate surface area is 147 Å². The number of nitrogens with zero attached hydrogens (tertiary/aromatic N) is 1. The minimum absolute atomic E-state index is 0.0298. The Bertz CT molecular complexity index is 933. The predicted octanol–water partition coefficient (Wildman–Crippen LogP) is 1.96. The topological polar surface area (TPSA) is 52.7 Å². The fraction of sp³-hybridized carbons (Fsp3) is 0.286. The van der Waals surface area contributed by atoms with Crippen LogP contribution >= 0.6 is 0 Å². The van der Waals surface area contributed by atoms with E-state index in [-0.39, 0.29) is 5.56 Å². The first-order valence-electron chi connectivity index (χ1n) is 8.92. The molecule has 1 aromatic heterocycles. The van der Waals surface area contributed by atoms with E-state index in [1.807, 2.05) is 12.1 Å². The van der Waals surface area contributed by atoms with E-state index in [0.29, 0.717) is 12.6 Å². The molecular formula is C21H24N3O+. The number of pyridine rings is 1. The molecule has 0 radical (unpaired) electrons. The fourth-order valence-corrected chi connectivity index (χ4v) is 3.72. The Balaban J connectivity index is 1.56. The second-order valence-electron chi connectivity index (χ2n) is 6.99. The molecule has 4 nitrogen and oxygen atoms in total. The maximum Gasteiger partial charge on any atom is 0.252 e. The summed E-state index contributed by atoms with van der Waals surface area (Å²) in [5.41, 5.74) is 4.36. The van der Waals surface area contributed by atoms with Crippen molar-refractivity contribution in [2.45, 2.75) is 19.5 Å². The number of fused-ring (bicyclic) bond motifs is 1. The number of nitrogens with one attached hydrogen (secondary N) is 1. The summed E-state index contributed by atoms with van der Waals surface area (Å²) in [7, 11) is 0. The molecule has 0 unspecified atom stereocenters. The average molecular weight is 334 g/mol. The molecule has 1 atom stereocenters. The number of piperazine rings is 1. The van der Waals surface area contributed by atoms with Crippen molar-refractivity contribution in [3.05, 3.63) is 81.6 Å². The van der Waals surface area contributed by atoms with Gasteiger partial charge < -0.3 is 10.3 Å². The summed E-state index contributed by atoms with van der Waals surface area (Å²) in [5, 5.41) is 3.51. The molecule has 25 heavy (non-hydrogen) atoms. The van der Waals surface area contributed by atoms with Gasteiger partial charge in [0.05, 0.1) is 13.1 Å². The van der Waals surface area contributed by atoms with E-state index in [2.05, 4.69) is 64.6 Å². The van der Waals surface area contributed by atoms with E-state index in [1.54, 1.807) is 0 Å². The first kappa shape index (κ1) is 16.1. The third-order valence-electron chi connectivity index (χ3n) is 5.05. The number of aromatic amines is 1. The van der Waals surface area contributed by atoms with E-state index >= 15 is 0 Å². The minimum Gasteiger partial charge on any atom is -0.338 e. The highest BCUT2D eigenvalue weighted by molar-refractivity contribution is 5.79. The van der Waals surface area contributed by atoms with E-state index in [0.717, 1.165) is 36.1 Å². The van der Waals surface area contributed by atoms with Crippen LogP contribution in [0.2, 0.25) is 0 Å². The number of aryl methyl sites for hydroxylation is 1. The van der Waals surface area contributed by atoms with Crippen LogP contribution in [0.5, 0.6) is 0 Å². The van der Waals surface area contributed by atoms with Crippen molar-refractivity contribution in [2.75, 3.05) is 19.6 Å². The monoisotopic (exact) mass is 334 g/mol. The second-order valence-corrected chi connectivity index (χ2v) is 6.99. The smallest absolute Gasteiger partial charge is 0.252 e. The van der Waals surface area contributed by atoms with Crippen LogP contribution in [0.4, 0.5) is 0 Å². The molecule has 1 saturated heterocycles. The summed E-state index contributed by atoms with van der Waals surface area (Å²) in [6.45, 7) is 5.82. The molecule has 1 aliphatic rings. The number of hydrogen-bond acceptors (Lipinski definition) is 2. The van der Waals surface area contributed by atoms with E-state index < -0.39 is 0 Å². The number of H-pyrrole nitrogens is 1. The van der Waals surface area contributed by atoms with Crippen molar-refractivity contribution >= 4 is 10.9 Å². The van der Waals surface area contributed by atoms with E-state index in [1.165, 1.54) is 11.1 Å². The van der Waals surface area contributed by atoms with Gasteiger partial charge in [0, 0.05) is 29.7 Å². The molecule has 1 aliphatic heterocycles. The van der Waals surface area contributed by atoms with Crippen molar-refractivity contribution in [1.29, 1.82) is 0 Å². The normalized spacial score (nSPS) is 18.5. The van der Waals surface area contributed by atoms with Crippen molar-refractivity contribution in [1.82, 2.24) is 9.88 Å². The maximum absolute atomic E-state index is 12.5. The summed E-state index contributed by atoms with van der Waals surface area (Å²) in [5.74, 6) is 0. The molecule has 4 rings (SSSR count). The lowest BCUT2D eigenvalue weighted by molar-refractivity contribution is -0.705. The number of aromatic nitrogens is 1. The van der Waals surface area contributed by atoms with Crippen LogP contribution < -0.4 is 10.9 Å². The van der Waals surface area contributed by atoms with Gasteiger partial charge in [0.15, 0.2) is 0 Å². The molecule has 0 bridgehead atoms. The molecular weight excluding hydrogens is 310 g/mol. The maximum atomic E-state index is 12.5. The van der Waals surface area contributed by atoms with Crippen molar-refractivity contribution in [2.24, 2.45) is 0 Å². The molecule has 128 valence electrons. The number of nitrogens with two attached hydrogens (primary N) is 1. The average Bonchev–Trinajstić information content (AvgIpc) is 2.64. The van der Waals surface area contributed by atoms with Gasteiger partial charge in [-0.05, 0) is 30.5 Å². The number of hydrogen-bond donors (Lipinski definition) is 2. The van der Waals surface area contributed by atoms with Crippen LogP contribution in [0.1, 0.15) is 22.7 Å². The second kappa shape index (κ2) is 6.82. The molecule has 2 heterocycles. The molecule has 1 fully saturated rings. The summed E-state index contributed by atoms with van der Waals surface area (Å²) in [6, 6.07) is 19.3. The lowest BCUT2D eigenvalue weighted by Gasteiger charge is -2.31. The van der Waals surface area contributed by atoms with Crippen LogP contribution in [0.15, 0.2) is 59.4 Å². The quantitative estimate of drug-likeness (QED) is 0.769. The first-order valence-corrected chi connectivity index (χ1v) is 8.92. The predicted molar refractivity (Wildman–Crippen MR) is 101 cm³/mol. The van der Waals surface area contributed by atoms with Crippen LogP contribution in [-0.2, 0) is 6.54 Å². The highest BCUT2D eigenvalue weighted by Crippen LogP contribution is 2.16. The van der Waals surface area contributed by atoms with E-state index in [9.17, 15) is 4.79 Å². The first-order chi connectivity index (χ1) is 12.2. The third-order valence-corrected chi connectivity index (χ3v) is 5.05. The van der Waals surface area contributed by atoms with Crippen LogP contribution in [0, 0.1) is 6.92 Å². The lowest BCUT2D eigenvalue weighted by atomic mass is 10.0. The van der Waals surface area contributed by atoms with Gasteiger partial charge in [-0.1, -0.05) is 42.0 Å². The Morgan fingerprint density at radius 3 is 2.84 bits per heavy atom. The van der Waals surface area contributed by atoms with Gasteiger partial charge in [-0.15, -0.1) is 0 Å². The van der Waals surface area contributed by atoms with Crippen LogP contribution in [-0.4, -0.2) is 29.5 Å². The van der Waals surface area contributed by atoms with Gasteiger partial charge in [-0.2, -0.15) is 0 Å². The van der Waals surface area contributed by atoms with Crippen molar-refractivity contribution in [3.63, 3.8) is 0 Å². The Hall–Kier alpha value is -2.43. The summed E-state index contributed by atoms with van der Waals surface area (Å²) < 4.78 is 0. The molecule has 0 saturated carbocycles. The standard InChI is InChI=1S/C21H23N3O/c1-15-7-8-19-17(11-15)12-18(21(25)23-19)13-24-10-9-22-20(14-24)16-5-3-2-4-6-16/h2-8,11-12,20,22H,9-10,13-14H2,1H3,(H,23,25)/p+1/t20-/m1/s1. The van der Waals surface area contributed by atoms with Crippen molar-refractivity contribution < 1.29 is 5.32 Å². The number of benzene rings is 2. The van der Waals surface area contributed by atoms with Crippen LogP contribution in [0.25, 0.3) is 10.9 Å². The molecule has 3 aromatic rings. The van der Waals surface area contributed by atoms with Crippen molar-refractivity contribution in [3.8, 4) is 0 Å². The zero-order valence-electron chi connectivity index (χ0n) is 14.5. The van der Waals surface area contributed by atoms with Gasteiger partial charge in [0.25, 0.3) is 5.56 Å². The Kier molecular flexibility index (Phi) is 4.38. The SMILES string of the molecule is Cc1ccc2[nH]c(=O)c(CN3CC[NH2+][C@@H](c4ccccc4)C3)cc2c1. The van der Waals surface area contributed by atoms with Gasteiger partial charge >= 0.3 is 0 Å². The largest absolute Gasteiger partial charge is 0.338 e. The number of rotatable bonds is 3. The van der Waals surface area contributed by atoms with Gasteiger partial charge in [-0.25, -0.2) is 0 Å². The Morgan fingerprint density at radius 2 is 2.00 bits per heavy atom. The minimum atomic E-state index is 0.0298. The van der Waals surface area contributed by atoms with Gasteiger partial charge in [0.2, 0.25) is 0 Å².